The van der Waals surface area contributed by atoms with Crippen LogP contribution in [0.25, 0.3) is 0 Å². The Balaban J connectivity index is 1.28. The Kier molecular flexibility index (Phi) is 7.85. The molecule has 4 fully saturated rings. The number of carboxylic acids is 1. The Morgan fingerprint density at radius 3 is 2.41 bits per heavy atom. The lowest BCUT2D eigenvalue weighted by atomic mass is 9.70. The highest BCUT2D eigenvalue weighted by atomic mass is 19.1. The Bertz CT molecular complexity index is 1080. The van der Waals surface area contributed by atoms with Crippen molar-refractivity contribution in [3.05, 3.63) is 23.5 Å². The number of nitrogens with one attached hydrogen (secondary N) is 2. The fraction of sp³-hybridized carbons (Fsp3) is 0.733. The fourth-order valence-corrected chi connectivity index (χ4v) is 7.38. The average Bonchev–Trinajstić information content (AvgIpc) is 3.49. The highest BCUT2D eigenvalue weighted by Crippen LogP contribution is 2.50. The minimum Gasteiger partial charge on any atom is -0.493 e. The second kappa shape index (κ2) is 10.9. The van der Waals surface area contributed by atoms with Gasteiger partial charge in [0.15, 0.2) is 11.6 Å². The predicted molar refractivity (Wildman–Crippen MR) is 143 cm³/mol. The van der Waals surface area contributed by atoms with E-state index in [9.17, 15) is 19.8 Å². The molecule has 2 bridgehead atoms. The van der Waals surface area contributed by atoms with Gasteiger partial charge in [0.1, 0.15) is 12.0 Å². The topological polar surface area (TPSA) is 117 Å². The summed E-state index contributed by atoms with van der Waals surface area (Å²) in [4.78, 5) is 24.9. The first kappa shape index (κ1) is 28.1. The van der Waals surface area contributed by atoms with Crippen molar-refractivity contribution in [2.45, 2.75) is 96.4 Å². The number of carbonyl (C=O) groups excluding carboxylic acids is 1. The van der Waals surface area contributed by atoms with Crippen molar-refractivity contribution in [1.82, 2.24) is 10.6 Å². The third-order valence-electron chi connectivity index (χ3n) is 10.2. The van der Waals surface area contributed by atoms with Crippen LogP contribution in [0.2, 0.25) is 0 Å². The highest BCUT2D eigenvalue weighted by molar-refractivity contribution is 5.80. The maximum atomic E-state index is 15.1. The third-order valence-corrected chi connectivity index (χ3v) is 10.2. The molecule has 1 amide bonds. The van der Waals surface area contributed by atoms with Gasteiger partial charge in [0.05, 0.1) is 24.5 Å². The fourth-order valence-electron chi connectivity index (χ4n) is 7.38. The summed E-state index contributed by atoms with van der Waals surface area (Å²) in [6.07, 6.45) is 7.02. The maximum Gasteiger partial charge on any atom is 0.309 e. The van der Waals surface area contributed by atoms with Gasteiger partial charge >= 0.3 is 5.97 Å². The molecule has 4 saturated carbocycles. The number of methoxy groups -OCH3 is 1. The van der Waals surface area contributed by atoms with Gasteiger partial charge in [0, 0.05) is 24.2 Å². The second-order valence-electron chi connectivity index (χ2n) is 13.0. The van der Waals surface area contributed by atoms with Crippen molar-refractivity contribution < 1.29 is 33.7 Å². The molecule has 39 heavy (non-hydrogen) atoms. The molecule has 5 atom stereocenters. The summed E-state index contributed by atoms with van der Waals surface area (Å²) in [5, 5.41) is 27.2. The van der Waals surface area contributed by atoms with Crippen LogP contribution in [0.3, 0.4) is 0 Å². The number of rotatable bonds is 10. The minimum atomic E-state index is -1.25. The van der Waals surface area contributed by atoms with Gasteiger partial charge in [-0.25, -0.2) is 4.39 Å². The summed E-state index contributed by atoms with van der Waals surface area (Å²) >= 11 is 0. The zero-order valence-electron chi connectivity index (χ0n) is 23.3. The molecule has 216 valence electrons. The SMILES string of the molecule is COc1c(F)cc(OC2CCC(C)(C(=O)O)CC2)cc1C(O)N[C@@H]1[C@H]2CC[C@H](C2)[C@@H]1C(=O)NCC1(C)CCC1. The number of ether oxygens (including phenoxy) is 2. The molecule has 8 nitrogen and oxygen atoms in total. The molecule has 0 aliphatic heterocycles. The van der Waals surface area contributed by atoms with Gasteiger partial charge in [0.25, 0.3) is 0 Å². The van der Waals surface area contributed by atoms with Crippen LogP contribution in [0.4, 0.5) is 4.39 Å². The smallest absolute Gasteiger partial charge is 0.309 e. The van der Waals surface area contributed by atoms with Crippen LogP contribution in [-0.2, 0) is 9.59 Å². The van der Waals surface area contributed by atoms with E-state index in [4.69, 9.17) is 9.47 Å². The third kappa shape index (κ3) is 5.62. The van der Waals surface area contributed by atoms with E-state index in [1.807, 2.05) is 0 Å². The van der Waals surface area contributed by atoms with E-state index in [0.717, 1.165) is 32.1 Å². The van der Waals surface area contributed by atoms with Crippen LogP contribution in [0.15, 0.2) is 12.1 Å². The first-order valence-electron chi connectivity index (χ1n) is 14.5. The number of carboxylic acid groups (broad SMARTS) is 1. The average molecular weight is 547 g/mol. The predicted octanol–water partition coefficient (Wildman–Crippen LogP) is 4.55. The quantitative estimate of drug-likeness (QED) is 0.318. The Hall–Kier alpha value is -2.39. The molecule has 4 aliphatic rings. The van der Waals surface area contributed by atoms with Crippen molar-refractivity contribution in [3.63, 3.8) is 0 Å². The Labute approximate surface area is 230 Å². The van der Waals surface area contributed by atoms with E-state index in [2.05, 4.69) is 17.6 Å². The van der Waals surface area contributed by atoms with Crippen molar-refractivity contribution in [2.24, 2.45) is 28.6 Å². The van der Waals surface area contributed by atoms with Crippen LogP contribution in [0, 0.1) is 34.4 Å². The van der Waals surface area contributed by atoms with E-state index in [1.165, 1.54) is 19.6 Å². The van der Waals surface area contributed by atoms with Gasteiger partial charge in [-0.05, 0) is 88.0 Å². The molecule has 0 heterocycles. The number of carbonyl (C=O) groups is 2. The van der Waals surface area contributed by atoms with Crippen LogP contribution >= 0.6 is 0 Å². The molecule has 4 aliphatic carbocycles. The Morgan fingerprint density at radius 2 is 1.79 bits per heavy atom. The molecule has 1 aromatic rings. The first-order valence-corrected chi connectivity index (χ1v) is 14.5. The molecule has 1 unspecified atom stereocenters. The minimum absolute atomic E-state index is 0.0425. The van der Waals surface area contributed by atoms with Crippen molar-refractivity contribution in [2.75, 3.05) is 13.7 Å². The van der Waals surface area contributed by atoms with Crippen molar-refractivity contribution in [1.29, 1.82) is 0 Å². The number of fused-ring (bicyclic) bond motifs is 2. The molecule has 9 heteroatoms. The lowest BCUT2D eigenvalue weighted by molar-refractivity contribution is -0.150. The summed E-state index contributed by atoms with van der Waals surface area (Å²) < 4.78 is 26.5. The van der Waals surface area contributed by atoms with Crippen LogP contribution in [0.5, 0.6) is 11.5 Å². The number of halogens is 1. The number of amides is 1. The van der Waals surface area contributed by atoms with Crippen LogP contribution in [0.1, 0.15) is 89.8 Å². The van der Waals surface area contributed by atoms with E-state index in [1.54, 1.807) is 13.0 Å². The Morgan fingerprint density at radius 1 is 1.10 bits per heavy atom. The van der Waals surface area contributed by atoms with Gasteiger partial charge in [-0.2, -0.15) is 0 Å². The molecule has 0 aromatic heterocycles. The van der Waals surface area contributed by atoms with E-state index in [0.29, 0.717) is 32.2 Å². The zero-order valence-corrected chi connectivity index (χ0v) is 23.3. The van der Waals surface area contributed by atoms with Gasteiger partial charge in [0.2, 0.25) is 5.91 Å². The molecular formula is C30H43FN2O6. The lowest BCUT2D eigenvalue weighted by Gasteiger charge is -2.39. The number of hydrogen-bond donors (Lipinski definition) is 4. The molecule has 0 spiro atoms. The van der Waals surface area contributed by atoms with Crippen LogP contribution in [-0.4, -0.2) is 47.9 Å². The van der Waals surface area contributed by atoms with Gasteiger partial charge in [-0.3, -0.25) is 14.9 Å². The normalized spacial score (nSPS) is 33.7. The highest BCUT2D eigenvalue weighted by Gasteiger charge is 2.51. The lowest BCUT2D eigenvalue weighted by Crippen LogP contribution is -2.51. The van der Waals surface area contributed by atoms with Crippen molar-refractivity contribution >= 4 is 11.9 Å². The van der Waals surface area contributed by atoms with E-state index >= 15 is 4.39 Å². The van der Waals surface area contributed by atoms with Gasteiger partial charge in [-0.15, -0.1) is 0 Å². The number of hydrogen-bond acceptors (Lipinski definition) is 6. The number of aliphatic carboxylic acids is 1. The molecule has 0 radical (unpaired) electrons. The molecular weight excluding hydrogens is 503 g/mol. The van der Waals surface area contributed by atoms with Gasteiger partial charge < -0.3 is 25.0 Å². The summed E-state index contributed by atoms with van der Waals surface area (Å²) in [5.41, 5.74) is -0.358. The van der Waals surface area contributed by atoms with Gasteiger partial charge in [-0.1, -0.05) is 13.3 Å². The molecule has 4 N–H and O–H groups in total. The molecule has 0 saturated heterocycles. The first-order chi connectivity index (χ1) is 18.5. The second-order valence-corrected chi connectivity index (χ2v) is 13.0. The monoisotopic (exact) mass is 546 g/mol. The summed E-state index contributed by atoms with van der Waals surface area (Å²) in [6, 6.07) is 2.62. The standard InChI is InChI=1S/C30H43FN2O6/c1-29(9-4-10-29)16-32-27(35)23-17-5-6-18(13-17)24(23)33-26(34)21-14-20(15-22(31)25(21)38-3)39-19-7-11-30(2,12-8-19)28(36)37/h14-15,17-19,23-24,26,33-34H,4-13,16H2,1-3H3,(H,32,35)(H,36,37)/t17-,18+,19?,23+,24-,26?,30?/m1/s1. The number of aliphatic hydroxyl groups excluding tert-OH is 1. The summed E-state index contributed by atoms with van der Waals surface area (Å²) in [6.45, 7) is 4.64. The van der Waals surface area contributed by atoms with E-state index in [-0.39, 0.29) is 58.3 Å². The largest absolute Gasteiger partial charge is 0.493 e. The zero-order chi connectivity index (χ0) is 27.9. The summed E-state index contributed by atoms with van der Waals surface area (Å²) in [7, 11) is 1.36. The molecule has 5 rings (SSSR count). The molecule has 1 aromatic carbocycles. The van der Waals surface area contributed by atoms with Crippen LogP contribution < -0.4 is 20.1 Å². The maximum absolute atomic E-state index is 15.1. The van der Waals surface area contributed by atoms with E-state index < -0.39 is 23.4 Å². The number of aliphatic hydroxyl groups is 1. The number of benzene rings is 1. The summed E-state index contributed by atoms with van der Waals surface area (Å²) in [5.74, 6) is -0.879. The van der Waals surface area contributed by atoms with Crippen molar-refractivity contribution in [3.8, 4) is 11.5 Å².